The molecule has 0 saturated heterocycles. The van der Waals surface area contributed by atoms with Crippen molar-refractivity contribution in [1.82, 2.24) is 0 Å². The number of hydrogen-bond acceptors (Lipinski definition) is 4. The summed E-state index contributed by atoms with van der Waals surface area (Å²) in [5, 5.41) is 2.48. The fourth-order valence-electron chi connectivity index (χ4n) is 1.83. The molecule has 0 aromatic heterocycles. The molecule has 116 valence electrons. The van der Waals surface area contributed by atoms with Crippen LogP contribution in [0.2, 0.25) is 0 Å². The van der Waals surface area contributed by atoms with Gasteiger partial charge in [0.05, 0.1) is 5.69 Å². The summed E-state index contributed by atoms with van der Waals surface area (Å²) in [5.74, 6) is -1.34. The maximum Gasteiger partial charge on any atom is 0.313 e. The zero-order valence-electron chi connectivity index (χ0n) is 11.7. The van der Waals surface area contributed by atoms with Gasteiger partial charge < -0.3 is 9.50 Å². The number of halogens is 1. The van der Waals surface area contributed by atoms with Crippen molar-refractivity contribution in [3.63, 3.8) is 0 Å². The van der Waals surface area contributed by atoms with E-state index in [1.54, 1.807) is 12.1 Å². The standard InChI is InChI=1S/C15H14FNO4S/c1-11(18)17-14-7-2-3-8-15(14)21-22(19,20)10-12-5-4-6-13(16)9-12/h2-9H,10H2,1H3,(H,17,18). The lowest BCUT2D eigenvalue weighted by atomic mass is 10.2. The maximum absolute atomic E-state index is 13.1. The second kappa shape index (κ2) is 6.57. The number of anilines is 1. The second-order valence-corrected chi connectivity index (χ2v) is 6.16. The monoisotopic (exact) mass is 323 g/mol. The molecule has 0 atom stereocenters. The maximum atomic E-state index is 13.1. The molecule has 5 nitrogen and oxygen atoms in total. The Morgan fingerprint density at radius 1 is 1.18 bits per heavy atom. The number of amides is 1. The Bertz CT molecular complexity index is 790. The largest absolute Gasteiger partial charge is 0.380 e. The predicted molar refractivity (Wildman–Crippen MR) is 80.4 cm³/mol. The first-order valence-electron chi connectivity index (χ1n) is 6.39. The number of carbonyl (C=O) groups is 1. The van der Waals surface area contributed by atoms with Crippen molar-refractivity contribution in [3.05, 3.63) is 59.9 Å². The van der Waals surface area contributed by atoms with Crippen LogP contribution in [0.5, 0.6) is 5.75 Å². The quantitative estimate of drug-likeness (QED) is 0.859. The van der Waals surface area contributed by atoms with E-state index in [1.165, 1.54) is 37.3 Å². The molecule has 22 heavy (non-hydrogen) atoms. The van der Waals surface area contributed by atoms with E-state index >= 15 is 0 Å². The number of nitrogens with one attached hydrogen (secondary N) is 1. The first-order valence-corrected chi connectivity index (χ1v) is 7.97. The molecule has 0 heterocycles. The number of para-hydroxylation sites is 2. The van der Waals surface area contributed by atoms with E-state index in [0.717, 1.165) is 6.07 Å². The van der Waals surface area contributed by atoms with Crippen molar-refractivity contribution in [3.8, 4) is 5.75 Å². The van der Waals surface area contributed by atoms with Crippen LogP contribution in [0.25, 0.3) is 0 Å². The number of rotatable bonds is 5. The van der Waals surface area contributed by atoms with Crippen LogP contribution in [0.4, 0.5) is 10.1 Å². The summed E-state index contributed by atoms with van der Waals surface area (Å²) >= 11 is 0. The van der Waals surface area contributed by atoms with Crippen LogP contribution >= 0.6 is 0 Å². The van der Waals surface area contributed by atoms with Crippen LogP contribution in [0.3, 0.4) is 0 Å². The molecule has 0 unspecified atom stereocenters. The van der Waals surface area contributed by atoms with Gasteiger partial charge in [-0.3, -0.25) is 4.79 Å². The molecule has 0 radical (unpaired) electrons. The molecule has 0 saturated carbocycles. The minimum Gasteiger partial charge on any atom is -0.380 e. The highest BCUT2D eigenvalue weighted by atomic mass is 32.2. The Balaban J connectivity index is 2.20. The van der Waals surface area contributed by atoms with Crippen molar-refractivity contribution in [2.24, 2.45) is 0 Å². The van der Waals surface area contributed by atoms with Gasteiger partial charge in [0.2, 0.25) is 5.91 Å². The molecule has 7 heteroatoms. The minimum atomic E-state index is -3.98. The number of hydrogen-bond donors (Lipinski definition) is 1. The van der Waals surface area contributed by atoms with Crippen LogP contribution in [-0.2, 0) is 20.7 Å². The summed E-state index contributed by atoms with van der Waals surface area (Å²) in [7, 11) is -3.98. The van der Waals surface area contributed by atoms with Gasteiger partial charge in [-0.2, -0.15) is 8.42 Å². The summed E-state index contributed by atoms with van der Waals surface area (Å²) < 4.78 is 42.2. The van der Waals surface area contributed by atoms with E-state index in [4.69, 9.17) is 4.18 Å². The van der Waals surface area contributed by atoms with Gasteiger partial charge in [-0.05, 0) is 29.8 Å². The van der Waals surface area contributed by atoms with Gasteiger partial charge in [-0.25, -0.2) is 4.39 Å². The van der Waals surface area contributed by atoms with Crippen LogP contribution in [0, 0.1) is 5.82 Å². The van der Waals surface area contributed by atoms with Gasteiger partial charge in [0.1, 0.15) is 11.6 Å². The zero-order chi connectivity index (χ0) is 16.2. The molecule has 2 aromatic rings. The van der Waals surface area contributed by atoms with Crippen molar-refractivity contribution >= 4 is 21.7 Å². The molecular weight excluding hydrogens is 309 g/mol. The van der Waals surface area contributed by atoms with Gasteiger partial charge >= 0.3 is 10.1 Å². The summed E-state index contributed by atoms with van der Waals surface area (Å²) in [4.78, 5) is 11.1. The second-order valence-electron chi connectivity index (χ2n) is 4.59. The number of carbonyl (C=O) groups excluding carboxylic acids is 1. The topological polar surface area (TPSA) is 72.5 Å². The first kappa shape index (κ1) is 16.0. The average molecular weight is 323 g/mol. The average Bonchev–Trinajstić information content (AvgIpc) is 2.39. The molecule has 1 amide bonds. The van der Waals surface area contributed by atoms with Gasteiger partial charge in [0.15, 0.2) is 5.75 Å². The molecule has 0 aliphatic carbocycles. The van der Waals surface area contributed by atoms with Gasteiger partial charge in [-0.15, -0.1) is 0 Å². The van der Waals surface area contributed by atoms with Crippen LogP contribution < -0.4 is 9.50 Å². The van der Waals surface area contributed by atoms with Crippen LogP contribution in [0.15, 0.2) is 48.5 Å². The van der Waals surface area contributed by atoms with Crippen molar-refractivity contribution in [1.29, 1.82) is 0 Å². The van der Waals surface area contributed by atoms with E-state index in [0.29, 0.717) is 0 Å². The van der Waals surface area contributed by atoms with Gasteiger partial charge in [0, 0.05) is 6.92 Å². The Morgan fingerprint density at radius 3 is 2.59 bits per heavy atom. The Labute approximate surface area is 127 Å². The Hall–Kier alpha value is -2.41. The highest BCUT2D eigenvalue weighted by molar-refractivity contribution is 7.86. The van der Waals surface area contributed by atoms with Crippen molar-refractivity contribution < 1.29 is 21.8 Å². The van der Waals surface area contributed by atoms with E-state index < -0.39 is 21.7 Å². The fourth-order valence-corrected chi connectivity index (χ4v) is 2.89. The highest BCUT2D eigenvalue weighted by Crippen LogP contribution is 2.26. The zero-order valence-corrected chi connectivity index (χ0v) is 12.6. The molecule has 0 aliphatic heterocycles. The summed E-state index contributed by atoms with van der Waals surface area (Å²) in [6.45, 7) is 1.30. The summed E-state index contributed by atoms with van der Waals surface area (Å²) in [6, 6.07) is 11.4. The lowest BCUT2D eigenvalue weighted by Crippen LogP contribution is -2.14. The fraction of sp³-hybridized carbons (Fsp3) is 0.133. The van der Waals surface area contributed by atoms with E-state index in [2.05, 4.69) is 5.32 Å². The summed E-state index contributed by atoms with van der Waals surface area (Å²) in [6.07, 6.45) is 0. The molecule has 0 fully saturated rings. The SMILES string of the molecule is CC(=O)Nc1ccccc1OS(=O)(=O)Cc1cccc(F)c1. The number of benzene rings is 2. The first-order chi connectivity index (χ1) is 10.4. The lowest BCUT2D eigenvalue weighted by molar-refractivity contribution is -0.114. The third-order valence-electron chi connectivity index (χ3n) is 2.65. The van der Waals surface area contributed by atoms with E-state index in [1.807, 2.05) is 0 Å². The van der Waals surface area contributed by atoms with Gasteiger partial charge in [0.25, 0.3) is 0 Å². The molecule has 1 N–H and O–H groups in total. The molecule has 0 bridgehead atoms. The molecule has 2 rings (SSSR count). The Morgan fingerprint density at radius 2 is 1.91 bits per heavy atom. The van der Waals surface area contributed by atoms with E-state index in [9.17, 15) is 17.6 Å². The third-order valence-corrected chi connectivity index (χ3v) is 3.77. The normalized spacial score (nSPS) is 11.0. The third kappa shape index (κ3) is 4.56. The van der Waals surface area contributed by atoms with Crippen molar-refractivity contribution in [2.75, 3.05) is 5.32 Å². The smallest absolute Gasteiger partial charge is 0.313 e. The molecule has 2 aromatic carbocycles. The van der Waals surface area contributed by atoms with Gasteiger partial charge in [-0.1, -0.05) is 24.3 Å². The predicted octanol–water partition coefficient (Wildman–Crippen LogP) is 2.69. The Kier molecular flexibility index (Phi) is 4.77. The lowest BCUT2D eigenvalue weighted by Gasteiger charge is -2.11. The van der Waals surface area contributed by atoms with Crippen LogP contribution in [0.1, 0.15) is 12.5 Å². The minimum absolute atomic E-state index is 0.00843. The highest BCUT2D eigenvalue weighted by Gasteiger charge is 2.17. The van der Waals surface area contributed by atoms with Crippen LogP contribution in [-0.4, -0.2) is 14.3 Å². The molecule has 0 aliphatic rings. The van der Waals surface area contributed by atoms with Crippen molar-refractivity contribution in [2.45, 2.75) is 12.7 Å². The molecular formula is C15H14FNO4S. The summed E-state index contributed by atoms with van der Waals surface area (Å²) in [5.41, 5.74) is 0.523. The van der Waals surface area contributed by atoms with E-state index in [-0.39, 0.29) is 22.9 Å². The molecule has 0 spiro atoms.